The van der Waals surface area contributed by atoms with E-state index in [1.807, 2.05) is 32.0 Å². The van der Waals surface area contributed by atoms with Crippen molar-refractivity contribution in [2.24, 2.45) is 0 Å². The van der Waals surface area contributed by atoms with Gasteiger partial charge in [0.25, 0.3) is 11.5 Å². The number of carbonyl (C=O) groups excluding carboxylic acids is 3. The predicted octanol–water partition coefficient (Wildman–Crippen LogP) is 4.48. The largest absolute Gasteiger partial charge is 0.326 e. The lowest BCUT2D eigenvalue weighted by atomic mass is 10.1. The van der Waals surface area contributed by atoms with E-state index in [1.54, 1.807) is 31.2 Å². The quantitative estimate of drug-likeness (QED) is 0.389. The molecule has 0 unspecified atom stereocenters. The first kappa shape index (κ1) is 24.0. The first-order chi connectivity index (χ1) is 16.6. The third-order valence-corrected chi connectivity index (χ3v) is 6.79. The van der Waals surface area contributed by atoms with E-state index in [1.165, 1.54) is 17.8 Å². The highest BCUT2D eigenvalue weighted by atomic mass is 32.1. The number of rotatable bonds is 6. The van der Waals surface area contributed by atoms with Gasteiger partial charge >= 0.3 is 0 Å². The molecule has 0 radical (unpaired) electrons. The molecule has 2 N–H and O–H groups in total. The second-order valence-corrected chi connectivity index (χ2v) is 9.37. The summed E-state index contributed by atoms with van der Waals surface area (Å²) in [5.74, 6) is -0.787. The lowest BCUT2D eigenvalue weighted by molar-refractivity contribution is -0.114. The number of Topliss-reactive ketones (excluding diaryl/α,β-unsaturated/α-hetero) is 1. The Hall–Kier alpha value is -4.11. The molecule has 2 aromatic carbocycles. The number of fused-ring (bicyclic) bond motifs is 1. The number of hydrogen-bond acceptors (Lipinski definition) is 6. The van der Waals surface area contributed by atoms with Gasteiger partial charge in [0.05, 0.1) is 23.1 Å². The molecule has 0 atom stereocenters. The van der Waals surface area contributed by atoms with Crippen LogP contribution in [-0.4, -0.2) is 27.1 Å². The van der Waals surface area contributed by atoms with Crippen molar-refractivity contribution >= 4 is 50.5 Å². The number of amides is 2. The van der Waals surface area contributed by atoms with Crippen LogP contribution >= 0.6 is 11.3 Å². The molecule has 4 rings (SSSR count). The minimum Gasteiger partial charge on any atom is -0.326 e. The van der Waals surface area contributed by atoms with Gasteiger partial charge in [-0.3, -0.25) is 23.7 Å². The molecule has 2 aromatic heterocycles. The molecule has 0 saturated carbocycles. The number of thiophene rings is 1. The highest BCUT2D eigenvalue weighted by Crippen LogP contribution is 2.28. The fourth-order valence-electron chi connectivity index (χ4n) is 3.81. The Balaban J connectivity index is 1.59. The van der Waals surface area contributed by atoms with Gasteiger partial charge in [0.1, 0.15) is 4.83 Å². The lowest BCUT2D eigenvalue weighted by Gasteiger charge is -2.08. The number of nitrogens with zero attached hydrogens (tertiary/aromatic N) is 2. The molecule has 4 aromatic rings. The summed E-state index contributed by atoms with van der Waals surface area (Å²) in [7, 11) is 0. The van der Waals surface area contributed by atoms with Crippen LogP contribution in [0.4, 0.5) is 11.4 Å². The van der Waals surface area contributed by atoms with Crippen LogP contribution in [0.1, 0.15) is 43.6 Å². The second-order valence-electron chi connectivity index (χ2n) is 8.37. The van der Waals surface area contributed by atoms with Gasteiger partial charge in [-0.2, -0.15) is 0 Å². The van der Waals surface area contributed by atoms with Crippen LogP contribution in [0.15, 0.2) is 53.6 Å². The predicted molar refractivity (Wildman–Crippen MR) is 138 cm³/mol. The summed E-state index contributed by atoms with van der Waals surface area (Å²) >= 11 is 1.15. The van der Waals surface area contributed by atoms with Crippen molar-refractivity contribution < 1.29 is 14.4 Å². The summed E-state index contributed by atoms with van der Waals surface area (Å²) in [4.78, 5) is 55.3. The molecule has 178 valence electrons. The van der Waals surface area contributed by atoms with Gasteiger partial charge in [-0.05, 0) is 62.2 Å². The third-order valence-electron chi connectivity index (χ3n) is 5.59. The van der Waals surface area contributed by atoms with E-state index in [9.17, 15) is 19.2 Å². The average molecular weight is 489 g/mol. The highest BCUT2D eigenvalue weighted by Gasteiger charge is 2.21. The third kappa shape index (κ3) is 5.04. The number of nitrogens with one attached hydrogen (secondary N) is 2. The molecule has 0 spiro atoms. The number of hydrogen-bond donors (Lipinski definition) is 2. The summed E-state index contributed by atoms with van der Waals surface area (Å²) in [5.41, 5.74) is 3.89. The van der Waals surface area contributed by atoms with Crippen LogP contribution in [0, 0.1) is 20.8 Å². The Morgan fingerprint density at radius 1 is 1.00 bits per heavy atom. The average Bonchev–Trinajstić information content (AvgIpc) is 3.14. The van der Waals surface area contributed by atoms with E-state index in [0.29, 0.717) is 37.6 Å². The summed E-state index contributed by atoms with van der Waals surface area (Å²) in [6, 6.07) is 12.2. The van der Waals surface area contributed by atoms with Gasteiger partial charge in [-0.25, -0.2) is 4.98 Å². The summed E-state index contributed by atoms with van der Waals surface area (Å²) in [6.07, 6.45) is 1.33. The topological polar surface area (TPSA) is 110 Å². The number of benzene rings is 2. The zero-order valence-electron chi connectivity index (χ0n) is 19.8. The monoisotopic (exact) mass is 488 g/mol. The van der Waals surface area contributed by atoms with Gasteiger partial charge in [-0.15, -0.1) is 11.3 Å². The SMILES string of the molecule is CC(=O)Nc1ccc(C(=O)Cn2cnc3sc(C(=O)Nc4ccc(C)cc4C)c(C)c3c2=O)cc1. The Morgan fingerprint density at radius 3 is 2.37 bits per heavy atom. The maximum Gasteiger partial charge on any atom is 0.266 e. The highest BCUT2D eigenvalue weighted by molar-refractivity contribution is 7.20. The molecule has 0 aliphatic carbocycles. The zero-order valence-corrected chi connectivity index (χ0v) is 20.6. The molecule has 8 nitrogen and oxygen atoms in total. The molecule has 0 aliphatic rings. The first-order valence-electron chi connectivity index (χ1n) is 10.9. The number of carbonyl (C=O) groups is 3. The molecule has 0 bridgehead atoms. The van der Waals surface area contributed by atoms with Gasteiger partial charge in [0.2, 0.25) is 5.91 Å². The van der Waals surface area contributed by atoms with Gasteiger partial charge in [0, 0.05) is 23.9 Å². The van der Waals surface area contributed by atoms with Crippen LogP contribution in [0.25, 0.3) is 10.2 Å². The Bertz CT molecular complexity index is 1530. The second kappa shape index (κ2) is 9.63. The maximum atomic E-state index is 13.2. The maximum absolute atomic E-state index is 13.2. The number of aromatic nitrogens is 2. The molecular formula is C26H24N4O4S. The van der Waals surface area contributed by atoms with Crippen LogP contribution in [0.2, 0.25) is 0 Å². The standard InChI is InChI=1S/C26H24N4O4S/c1-14-5-10-20(15(2)11-14)29-24(33)23-16(3)22-25(35-23)27-13-30(26(22)34)12-21(32)18-6-8-19(9-7-18)28-17(4)31/h5-11,13H,12H2,1-4H3,(H,28,31)(H,29,33). The summed E-state index contributed by atoms with van der Waals surface area (Å²) in [5, 5.41) is 5.89. The minimum atomic E-state index is -0.377. The number of anilines is 2. The molecule has 9 heteroatoms. The zero-order chi connectivity index (χ0) is 25.3. The van der Waals surface area contributed by atoms with Crippen LogP contribution in [0.5, 0.6) is 0 Å². The van der Waals surface area contributed by atoms with Crippen molar-refractivity contribution in [3.05, 3.63) is 86.3 Å². The van der Waals surface area contributed by atoms with E-state index in [2.05, 4.69) is 15.6 Å². The first-order valence-corrected chi connectivity index (χ1v) is 11.7. The fourth-order valence-corrected chi connectivity index (χ4v) is 4.84. The Morgan fingerprint density at radius 2 is 1.71 bits per heavy atom. The van der Waals surface area contributed by atoms with Crippen LogP contribution < -0.4 is 16.2 Å². The molecule has 2 heterocycles. The van der Waals surface area contributed by atoms with E-state index >= 15 is 0 Å². The molecule has 0 aliphatic heterocycles. The van der Waals surface area contributed by atoms with Crippen molar-refractivity contribution in [2.45, 2.75) is 34.2 Å². The van der Waals surface area contributed by atoms with Gasteiger partial charge < -0.3 is 10.6 Å². The smallest absolute Gasteiger partial charge is 0.266 e. The van der Waals surface area contributed by atoms with Gasteiger partial charge in [0.15, 0.2) is 5.78 Å². The van der Waals surface area contributed by atoms with Crippen molar-refractivity contribution in [1.29, 1.82) is 0 Å². The normalized spacial score (nSPS) is 10.9. The van der Waals surface area contributed by atoms with E-state index in [4.69, 9.17) is 0 Å². The van der Waals surface area contributed by atoms with E-state index in [0.717, 1.165) is 22.5 Å². The fraction of sp³-hybridized carbons (Fsp3) is 0.192. The molecule has 0 saturated heterocycles. The van der Waals surface area contributed by atoms with Crippen molar-refractivity contribution in [3.63, 3.8) is 0 Å². The van der Waals surface area contributed by atoms with Crippen LogP contribution in [-0.2, 0) is 11.3 Å². The lowest BCUT2D eigenvalue weighted by Crippen LogP contribution is -2.24. The van der Waals surface area contributed by atoms with E-state index < -0.39 is 0 Å². The Labute approximate surface area is 205 Å². The van der Waals surface area contributed by atoms with Crippen molar-refractivity contribution in [3.8, 4) is 0 Å². The minimum absolute atomic E-state index is 0.194. The summed E-state index contributed by atoms with van der Waals surface area (Å²) in [6.45, 7) is 6.83. The van der Waals surface area contributed by atoms with E-state index in [-0.39, 0.29) is 29.7 Å². The van der Waals surface area contributed by atoms with Crippen LogP contribution in [0.3, 0.4) is 0 Å². The molecule has 2 amide bonds. The van der Waals surface area contributed by atoms with Crippen molar-refractivity contribution in [1.82, 2.24) is 9.55 Å². The van der Waals surface area contributed by atoms with Gasteiger partial charge in [-0.1, -0.05) is 17.7 Å². The summed E-state index contributed by atoms with van der Waals surface area (Å²) < 4.78 is 1.25. The number of ketones is 1. The molecule has 0 fully saturated rings. The number of aryl methyl sites for hydroxylation is 3. The van der Waals surface area contributed by atoms with Crippen molar-refractivity contribution in [2.75, 3.05) is 10.6 Å². The molecular weight excluding hydrogens is 464 g/mol. The molecule has 35 heavy (non-hydrogen) atoms. The Kier molecular flexibility index (Phi) is 6.61.